The van der Waals surface area contributed by atoms with E-state index in [1.165, 1.54) is 12.8 Å². The smallest absolute Gasteiger partial charge is 0.186 e. The summed E-state index contributed by atoms with van der Waals surface area (Å²) < 4.78 is 0. The van der Waals surface area contributed by atoms with E-state index < -0.39 is 0 Å². The van der Waals surface area contributed by atoms with Crippen LogP contribution in [0.3, 0.4) is 0 Å². The molecule has 0 spiro atoms. The van der Waals surface area contributed by atoms with Gasteiger partial charge in [-0.2, -0.15) is 0 Å². The molecule has 4 rings (SSSR count). The van der Waals surface area contributed by atoms with Crippen LogP contribution in [-0.2, 0) is 4.79 Å². The Morgan fingerprint density at radius 1 is 1.36 bits per heavy atom. The second kappa shape index (κ2) is 1.85. The zero-order valence-electron chi connectivity index (χ0n) is 6.62. The van der Waals surface area contributed by atoms with Crippen molar-refractivity contribution in [1.82, 2.24) is 0 Å². The molecule has 2 heteroatoms. The third-order valence-corrected chi connectivity index (χ3v) is 5.00. The monoisotopic (exact) mass is 168 g/mol. The van der Waals surface area contributed by atoms with Crippen molar-refractivity contribution >= 4 is 16.9 Å². The number of carbonyl (C=O) groups excluding carboxylic acids is 1. The Hall–Kier alpha value is 0.0200. The van der Waals surface area contributed by atoms with Crippen molar-refractivity contribution in [2.45, 2.75) is 25.0 Å². The van der Waals surface area contributed by atoms with Crippen molar-refractivity contribution in [2.24, 2.45) is 23.7 Å². The van der Waals surface area contributed by atoms with E-state index in [-0.39, 0.29) is 0 Å². The van der Waals surface area contributed by atoms with Gasteiger partial charge < -0.3 is 0 Å². The van der Waals surface area contributed by atoms with Crippen molar-refractivity contribution in [3.8, 4) is 0 Å². The Bertz CT molecular complexity index is 212. The molecular weight excluding hydrogens is 156 g/mol. The molecule has 0 heterocycles. The van der Waals surface area contributed by atoms with E-state index in [1.807, 2.05) is 0 Å². The van der Waals surface area contributed by atoms with E-state index in [9.17, 15) is 4.79 Å². The Balaban J connectivity index is 1.77. The first-order valence-corrected chi connectivity index (χ1v) is 5.32. The van der Waals surface area contributed by atoms with Gasteiger partial charge in [0.2, 0.25) is 0 Å². The van der Waals surface area contributed by atoms with Gasteiger partial charge in [0, 0.05) is 12.2 Å². The number of rotatable bonds is 1. The number of carbonyl (C=O) groups is 1. The van der Waals surface area contributed by atoms with Crippen LogP contribution in [0.25, 0.3) is 0 Å². The Morgan fingerprint density at radius 3 is 2.36 bits per heavy atom. The van der Waals surface area contributed by atoms with Crippen molar-refractivity contribution in [1.29, 1.82) is 0 Å². The lowest BCUT2D eigenvalue weighted by Crippen LogP contribution is -2.09. The third-order valence-electron chi connectivity index (χ3n) is 3.69. The first-order valence-electron chi connectivity index (χ1n) is 4.44. The maximum Gasteiger partial charge on any atom is 0.186 e. The third kappa shape index (κ3) is 0.715. The van der Waals surface area contributed by atoms with Gasteiger partial charge in [-0.1, -0.05) is 11.8 Å². The molecule has 0 radical (unpaired) electrons. The predicted molar refractivity (Wildman–Crippen MR) is 45.3 cm³/mol. The lowest BCUT2D eigenvalue weighted by atomic mass is 10.1. The number of thioether (sulfide) groups is 1. The quantitative estimate of drug-likeness (QED) is 0.595. The standard InChI is InChI=1S/C9H12OS/c1-4(10)11-9-5-2-6-7(3-5)8(6)9/h5-9H,2-3H2,1H3. The molecule has 4 saturated carbocycles. The summed E-state index contributed by atoms with van der Waals surface area (Å²) in [6.45, 7) is 1.71. The molecule has 0 saturated heterocycles. The fourth-order valence-corrected chi connectivity index (χ4v) is 4.73. The van der Waals surface area contributed by atoms with Crippen LogP contribution in [0.2, 0.25) is 0 Å². The fraction of sp³-hybridized carbons (Fsp3) is 0.889. The summed E-state index contributed by atoms with van der Waals surface area (Å²) in [6.07, 6.45) is 2.89. The molecule has 4 aliphatic carbocycles. The van der Waals surface area contributed by atoms with Crippen LogP contribution in [-0.4, -0.2) is 10.4 Å². The van der Waals surface area contributed by atoms with E-state index >= 15 is 0 Å². The Labute approximate surface area is 70.9 Å². The van der Waals surface area contributed by atoms with Gasteiger partial charge in [-0.25, -0.2) is 0 Å². The summed E-state index contributed by atoms with van der Waals surface area (Å²) in [6, 6.07) is 0. The first kappa shape index (κ1) is 6.53. The summed E-state index contributed by atoms with van der Waals surface area (Å²) in [7, 11) is 0. The average Bonchev–Trinajstić information content (AvgIpc) is 2.30. The SMILES string of the molecule is CC(=O)SC1C2CC3C(C2)C31. The molecular formula is C9H12OS. The summed E-state index contributed by atoms with van der Waals surface area (Å²) in [5.41, 5.74) is 0. The number of hydrogen-bond acceptors (Lipinski definition) is 2. The van der Waals surface area contributed by atoms with E-state index in [0.717, 1.165) is 28.9 Å². The second-order valence-electron chi connectivity index (χ2n) is 4.21. The molecule has 0 N–H and O–H groups in total. The summed E-state index contributed by atoms with van der Waals surface area (Å²) in [5.74, 6) is 3.99. The Morgan fingerprint density at radius 2 is 2.00 bits per heavy atom. The molecule has 0 aromatic carbocycles. The molecule has 0 aromatic heterocycles. The van der Waals surface area contributed by atoms with E-state index in [4.69, 9.17) is 0 Å². The molecule has 0 aromatic rings. The van der Waals surface area contributed by atoms with Crippen molar-refractivity contribution < 1.29 is 4.79 Å². The van der Waals surface area contributed by atoms with Crippen LogP contribution in [0.1, 0.15) is 19.8 Å². The maximum absolute atomic E-state index is 10.9. The summed E-state index contributed by atoms with van der Waals surface area (Å²) in [5, 5.41) is 1.07. The van der Waals surface area contributed by atoms with Gasteiger partial charge in [0.15, 0.2) is 5.12 Å². The lowest BCUT2D eigenvalue weighted by Gasteiger charge is -2.10. The molecule has 3 atom stereocenters. The average molecular weight is 168 g/mol. The number of hydrogen-bond donors (Lipinski definition) is 0. The molecule has 0 amide bonds. The summed E-state index contributed by atoms with van der Waals surface area (Å²) in [4.78, 5) is 10.9. The molecule has 3 unspecified atom stereocenters. The highest BCUT2D eigenvalue weighted by molar-refractivity contribution is 8.14. The highest BCUT2D eigenvalue weighted by Crippen LogP contribution is 2.73. The van der Waals surface area contributed by atoms with Crippen LogP contribution in [0.5, 0.6) is 0 Å². The second-order valence-corrected chi connectivity index (χ2v) is 5.57. The van der Waals surface area contributed by atoms with Crippen molar-refractivity contribution in [3.05, 3.63) is 0 Å². The molecule has 4 aliphatic rings. The van der Waals surface area contributed by atoms with Crippen LogP contribution in [0, 0.1) is 23.7 Å². The van der Waals surface area contributed by atoms with Gasteiger partial charge in [0.1, 0.15) is 0 Å². The lowest BCUT2D eigenvalue weighted by molar-refractivity contribution is -0.109. The largest absolute Gasteiger partial charge is 0.288 e. The Kier molecular flexibility index (Phi) is 1.09. The van der Waals surface area contributed by atoms with Crippen LogP contribution >= 0.6 is 11.8 Å². The zero-order valence-corrected chi connectivity index (χ0v) is 7.43. The predicted octanol–water partition coefficient (Wildman–Crippen LogP) is 1.92. The van der Waals surface area contributed by atoms with Gasteiger partial charge in [0.05, 0.1) is 0 Å². The maximum atomic E-state index is 10.9. The topological polar surface area (TPSA) is 17.1 Å². The highest BCUT2D eigenvalue weighted by Gasteiger charge is 2.68. The van der Waals surface area contributed by atoms with Crippen LogP contribution < -0.4 is 0 Å². The van der Waals surface area contributed by atoms with Crippen molar-refractivity contribution in [3.63, 3.8) is 0 Å². The van der Waals surface area contributed by atoms with Crippen LogP contribution in [0.15, 0.2) is 0 Å². The minimum Gasteiger partial charge on any atom is -0.288 e. The molecule has 60 valence electrons. The molecule has 4 bridgehead atoms. The normalized spacial score (nSPS) is 56.6. The minimum atomic E-state index is 0.327. The van der Waals surface area contributed by atoms with Gasteiger partial charge in [-0.15, -0.1) is 0 Å². The van der Waals surface area contributed by atoms with Crippen molar-refractivity contribution in [2.75, 3.05) is 0 Å². The van der Waals surface area contributed by atoms with Gasteiger partial charge in [0.25, 0.3) is 0 Å². The van der Waals surface area contributed by atoms with Gasteiger partial charge in [-0.05, 0) is 36.5 Å². The molecule has 11 heavy (non-hydrogen) atoms. The van der Waals surface area contributed by atoms with Crippen LogP contribution in [0.4, 0.5) is 0 Å². The highest BCUT2D eigenvalue weighted by atomic mass is 32.2. The molecule has 4 fully saturated rings. The van der Waals surface area contributed by atoms with Gasteiger partial charge >= 0.3 is 0 Å². The molecule has 1 nitrogen and oxygen atoms in total. The van der Waals surface area contributed by atoms with E-state index in [1.54, 1.807) is 18.7 Å². The fourth-order valence-electron chi connectivity index (χ4n) is 3.37. The van der Waals surface area contributed by atoms with E-state index in [0.29, 0.717) is 5.12 Å². The minimum absolute atomic E-state index is 0.327. The first-order chi connectivity index (χ1) is 5.27. The van der Waals surface area contributed by atoms with E-state index in [2.05, 4.69) is 0 Å². The van der Waals surface area contributed by atoms with Gasteiger partial charge in [-0.3, -0.25) is 4.79 Å². The zero-order chi connectivity index (χ0) is 7.59. The summed E-state index contributed by atoms with van der Waals surface area (Å²) >= 11 is 1.62. The molecule has 0 aliphatic heterocycles.